The number of carbonyl (C=O) groups excluding carboxylic acids is 3. The van der Waals surface area contributed by atoms with E-state index in [4.69, 9.17) is 28.4 Å². The van der Waals surface area contributed by atoms with Gasteiger partial charge in [0.1, 0.15) is 60.5 Å². The quantitative estimate of drug-likeness (QED) is 0.0378. The van der Waals surface area contributed by atoms with E-state index in [1.807, 2.05) is 6.92 Å². The number of nitrogens with one attached hydrogen (secondary N) is 1. The maximum atomic E-state index is 15.7. The lowest BCUT2D eigenvalue weighted by atomic mass is 9.33. The van der Waals surface area contributed by atoms with E-state index in [0.717, 1.165) is 56.8 Å². The van der Waals surface area contributed by atoms with Crippen LogP contribution >= 0.6 is 0 Å². The van der Waals surface area contributed by atoms with E-state index in [2.05, 4.69) is 52.9 Å². The number of amides is 1. The summed E-state index contributed by atoms with van der Waals surface area (Å²) in [6, 6.07) is -1.32. The van der Waals surface area contributed by atoms with E-state index in [0.29, 0.717) is 32.1 Å². The van der Waals surface area contributed by atoms with Crippen LogP contribution in [0.2, 0.25) is 0 Å². The molecule has 3 aliphatic heterocycles. The molecule has 8 rings (SSSR count). The number of allylic oxidation sites excluding steroid dienone is 2. The van der Waals surface area contributed by atoms with E-state index < -0.39 is 139 Å². The van der Waals surface area contributed by atoms with Gasteiger partial charge >= 0.3 is 5.97 Å². The lowest BCUT2D eigenvalue weighted by molar-refractivity contribution is -0.370. The largest absolute Gasteiger partial charge is 0.432 e. The van der Waals surface area contributed by atoms with Crippen LogP contribution in [0.1, 0.15) is 177 Å². The van der Waals surface area contributed by atoms with Crippen LogP contribution in [-0.4, -0.2) is 175 Å². The van der Waals surface area contributed by atoms with Crippen LogP contribution in [0, 0.1) is 50.2 Å². The van der Waals surface area contributed by atoms with Crippen molar-refractivity contribution in [2.75, 3.05) is 13.2 Å². The predicted molar refractivity (Wildman–Crippen MR) is 282 cm³/mol. The lowest BCUT2D eigenvalue weighted by Crippen LogP contribution is -2.69. The minimum absolute atomic E-state index is 0.0344. The molecule has 10 N–H and O–H groups in total. The number of aliphatic hydroxyl groups excluding tert-OH is 9. The molecule has 5 aliphatic carbocycles. The molecule has 3 heterocycles. The summed E-state index contributed by atoms with van der Waals surface area (Å²) in [6.07, 6.45) is -5.05. The van der Waals surface area contributed by atoms with Gasteiger partial charge in [0.05, 0.1) is 43.0 Å². The fourth-order valence-electron chi connectivity index (χ4n) is 16.7. The number of hydrogen-bond acceptors (Lipinski definition) is 18. The SMILES string of the molecule is CCCCCCCCCCCC(=O)NC1C(O)C(O[C@@H]2O[C@H](C)C(O[C@@H]3OC[C@@H](O)C(O)C3O)C(O)C2O)[C@H](OC(=O)C23CCC(C)(C)CC2C2=CCC4C5(C)CCC(O)C(C)(C=O)[C@H]5CC[C@@]4(C)[C@]2(C)C[C@@H]3O)O[C@@H]1CO. The summed E-state index contributed by atoms with van der Waals surface area (Å²) in [6.45, 7) is 15.6. The van der Waals surface area contributed by atoms with Gasteiger partial charge in [-0.05, 0) is 111 Å². The van der Waals surface area contributed by atoms with Gasteiger partial charge in [0, 0.05) is 6.42 Å². The van der Waals surface area contributed by atoms with Crippen molar-refractivity contribution in [2.45, 2.75) is 276 Å². The van der Waals surface area contributed by atoms with Crippen molar-refractivity contribution in [1.82, 2.24) is 5.32 Å². The van der Waals surface area contributed by atoms with Crippen LogP contribution in [0.15, 0.2) is 11.6 Å². The highest BCUT2D eigenvalue weighted by molar-refractivity contribution is 5.80. The van der Waals surface area contributed by atoms with E-state index >= 15 is 4.79 Å². The number of fused-ring (bicyclic) bond motifs is 7. The number of ether oxygens (including phenoxy) is 6. The van der Waals surface area contributed by atoms with Gasteiger partial charge in [-0.25, -0.2) is 0 Å². The molecule has 0 spiro atoms. The summed E-state index contributed by atoms with van der Waals surface area (Å²) in [5.74, 6) is -1.64. The Balaban J connectivity index is 1.06. The van der Waals surface area contributed by atoms with Crippen LogP contribution in [0.5, 0.6) is 0 Å². The first-order valence-corrected chi connectivity index (χ1v) is 29.7. The Morgan fingerprint density at radius 1 is 0.718 bits per heavy atom. The number of carbonyl (C=O) groups is 3. The lowest BCUT2D eigenvalue weighted by Gasteiger charge is -2.71. The zero-order valence-corrected chi connectivity index (χ0v) is 47.7. The topological polar surface area (TPSA) is 301 Å². The average molecular weight is 1110 g/mol. The highest BCUT2D eigenvalue weighted by Crippen LogP contribution is 2.76. The Hall–Kier alpha value is -2.21. The number of esters is 1. The standard InChI is InChI=1S/C59H97NO18/c1-9-10-11-12-13-14-15-16-17-18-41(66)60-42-36(29-61)75-52(49(44(42)68)77-51-47(71)45(69)48(32(2)74-51)76-50-46(70)43(67)35(63)30-73-50)78-53(72)59-26-25-54(3,4)27-34(59)33-19-20-38-55(5)23-22-39(64)56(6,31-62)37(55)21-24-57(38,7)58(33,8)28-40(59)65/h19,31-32,34-40,42-52,61,63-65,67-71H,9-18,20-30H2,1-8H3,(H,60,66)/t32-,34?,35-,36-,37+,38?,39?,40+,42?,43?,44?,45?,46?,47?,48?,49?,50+,51+,52+,55?,56?,57-,58-,59?/m1/s1. The number of aldehydes is 1. The van der Waals surface area contributed by atoms with E-state index in [-0.39, 0.29) is 54.0 Å². The van der Waals surface area contributed by atoms with Crippen molar-refractivity contribution in [1.29, 1.82) is 0 Å². The number of hydrogen-bond donors (Lipinski definition) is 10. The molecule has 19 heteroatoms. The summed E-state index contributed by atoms with van der Waals surface area (Å²) in [5, 5.41) is 104. The van der Waals surface area contributed by atoms with Gasteiger partial charge in [-0.1, -0.05) is 111 Å². The summed E-state index contributed by atoms with van der Waals surface area (Å²) >= 11 is 0. The molecule has 7 fully saturated rings. The molecule has 0 radical (unpaired) electrons. The van der Waals surface area contributed by atoms with E-state index in [9.17, 15) is 55.5 Å². The minimum atomic E-state index is -1.92. The van der Waals surface area contributed by atoms with Crippen LogP contribution in [0.4, 0.5) is 0 Å². The molecular formula is C59H97NO18. The summed E-state index contributed by atoms with van der Waals surface area (Å²) in [5.41, 5.74) is -2.78. The number of aliphatic hydroxyl groups is 9. The zero-order valence-electron chi connectivity index (χ0n) is 47.7. The van der Waals surface area contributed by atoms with Crippen molar-refractivity contribution in [2.24, 2.45) is 50.2 Å². The Labute approximate surface area is 461 Å². The average Bonchev–Trinajstić information content (AvgIpc) is 1.90. The maximum Gasteiger partial charge on any atom is 0.317 e. The molecule has 8 aliphatic rings. The third-order valence-electron chi connectivity index (χ3n) is 21.7. The van der Waals surface area contributed by atoms with Crippen LogP contribution in [-0.2, 0) is 42.8 Å². The monoisotopic (exact) mass is 1110 g/mol. The third-order valence-corrected chi connectivity index (χ3v) is 21.7. The summed E-state index contributed by atoms with van der Waals surface area (Å²) < 4.78 is 36.5. The molecule has 446 valence electrons. The first kappa shape index (κ1) is 61.9. The molecule has 0 aromatic rings. The second kappa shape index (κ2) is 24.2. The predicted octanol–water partition coefficient (Wildman–Crippen LogP) is 4.00. The number of rotatable bonds is 19. The fraction of sp³-hybridized carbons (Fsp3) is 0.915. The molecule has 3 saturated heterocycles. The van der Waals surface area contributed by atoms with Crippen molar-refractivity contribution in [3.05, 3.63) is 11.6 Å². The van der Waals surface area contributed by atoms with Crippen LogP contribution in [0.25, 0.3) is 0 Å². The highest BCUT2D eigenvalue weighted by atomic mass is 16.8. The molecule has 4 saturated carbocycles. The molecule has 19 nitrogen and oxygen atoms in total. The summed E-state index contributed by atoms with van der Waals surface area (Å²) in [4.78, 5) is 42.1. The van der Waals surface area contributed by atoms with Gasteiger partial charge in [-0.3, -0.25) is 9.59 Å². The third kappa shape index (κ3) is 11.1. The molecule has 1 amide bonds. The van der Waals surface area contributed by atoms with Gasteiger partial charge in [0.25, 0.3) is 0 Å². The zero-order chi connectivity index (χ0) is 56.9. The Bertz CT molecular complexity index is 2110. The first-order valence-electron chi connectivity index (χ1n) is 29.7. The van der Waals surface area contributed by atoms with Crippen molar-refractivity contribution >= 4 is 18.2 Å². The summed E-state index contributed by atoms with van der Waals surface area (Å²) in [7, 11) is 0. The van der Waals surface area contributed by atoms with Gasteiger partial charge in [-0.15, -0.1) is 0 Å². The molecule has 14 unspecified atom stereocenters. The van der Waals surface area contributed by atoms with Gasteiger partial charge in [-0.2, -0.15) is 0 Å². The molecule has 0 aromatic heterocycles. The minimum Gasteiger partial charge on any atom is -0.432 e. The Morgan fingerprint density at radius 3 is 2.04 bits per heavy atom. The van der Waals surface area contributed by atoms with E-state index in [1.165, 1.54) is 32.6 Å². The van der Waals surface area contributed by atoms with E-state index in [1.54, 1.807) is 0 Å². The first-order chi connectivity index (χ1) is 36.8. The second-order valence-electron chi connectivity index (χ2n) is 26.9. The molecule has 24 atom stereocenters. The Kier molecular flexibility index (Phi) is 19.2. The van der Waals surface area contributed by atoms with Crippen LogP contribution < -0.4 is 5.32 Å². The second-order valence-corrected chi connectivity index (χ2v) is 26.9. The molecule has 0 bridgehead atoms. The maximum absolute atomic E-state index is 15.7. The van der Waals surface area contributed by atoms with Gasteiger partial charge < -0.3 is 84.5 Å². The highest BCUT2D eigenvalue weighted by Gasteiger charge is 2.72. The van der Waals surface area contributed by atoms with Gasteiger partial charge in [0.2, 0.25) is 12.2 Å². The fourth-order valence-corrected chi connectivity index (χ4v) is 16.7. The number of unbranched alkanes of at least 4 members (excludes halogenated alkanes) is 8. The van der Waals surface area contributed by atoms with Gasteiger partial charge in [0.15, 0.2) is 18.7 Å². The van der Waals surface area contributed by atoms with Crippen molar-refractivity contribution in [3.63, 3.8) is 0 Å². The molecular weight excluding hydrogens is 1010 g/mol. The van der Waals surface area contributed by atoms with Crippen molar-refractivity contribution in [3.8, 4) is 0 Å². The van der Waals surface area contributed by atoms with Crippen molar-refractivity contribution < 1.29 is 88.8 Å². The molecule has 0 aromatic carbocycles. The Morgan fingerprint density at radius 2 is 1.37 bits per heavy atom. The molecule has 78 heavy (non-hydrogen) atoms. The normalized spacial score (nSPS) is 48.0. The smallest absolute Gasteiger partial charge is 0.317 e. The van der Waals surface area contributed by atoms with Crippen LogP contribution in [0.3, 0.4) is 0 Å².